The Hall–Kier alpha value is -3.09. The van der Waals surface area contributed by atoms with E-state index in [1.54, 1.807) is 0 Å². The van der Waals surface area contributed by atoms with Gasteiger partial charge in [0.15, 0.2) is 12.1 Å². The number of benzene rings is 2. The number of hydrogen-bond donors (Lipinski definition) is 0. The topological polar surface area (TPSA) is 65.3 Å². The number of nitrogens with zero attached hydrogens (tertiary/aromatic N) is 4. The van der Waals surface area contributed by atoms with Crippen molar-refractivity contribution in [3.05, 3.63) is 59.4 Å². The second-order valence-electron chi connectivity index (χ2n) is 6.22. The summed E-state index contributed by atoms with van der Waals surface area (Å²) in [5, 5.41) is 9.59. The van der Waals surface area contributed by atoms with Crippen LogP contribution >= 0.6 is 0 Å². The van der Waals surface area contributed by atoms with E-state index in [-0.39, 0.29) is 0 Å². The number of anilines is 2. The SMILES string of the molecule is Cc1ccc(C)c(N2N=N[C@H]3C(=O)N(c4ccc(F)cc4)C(=O)[C@@H]32)c1. The molecule has 2 aromatic rings. The average molecular weight is 338 g/mol. The molecule has 0 aromatic heterocycles. The molecule has 25 heavy (non-hydrogen) atoms. The van der Waals surface area contributed by atoms with Crippen LogP contribution in [0.5, 0.6) is 0 Å². The van der Waals surface area contributed by atoms with Gasteiger partial charge in [-0.1, -0.05) is 17.4 Å². The van der Waals surface area contributed by atoms with E-state index < -0.39 is 29.7 Å². The van der Waals surface area contributed by atoms with Crippen molar-refractivity contribution in [3.8, 4) is 0 Å². The van der Waals surface area contributed by atoms with Crippen molar-refractivity contribution in [1.82, 2.24) is 0 Å². The minimum absolute atomic E-state index is 0.335. The molecule has 4 rings (SSSR count). The van der Waals surface area contributed by atoms with Crippen LogP contribution in [0.4, 0.5) is 15.8 Å². The molecule has 0 saturated carbocycles. The van der Waals surface area contributed by atoms with Crippen LogP contribution in [0.25, 0.3) is 0 Å². The lowest BCUT2D eigenvalue weighted by Gasteiger charge is -2.22. The van der Waals surface area contributed by atoms with Crippen LogP contribution in [0, 0.1) is 19.7 Å². The van der Waals surface area contributed by atoms with Gasteiger partial charge in [0.25, 0.3) is 11.8 Å². The van der Waals surface area contributed by atoms with Crippen LogP contribution in [0.1, 0.15) is 11.1 Å². The minimum Gasteiger partial charge on any atom is -0.271 e. The fraction of sp³-hybridized carbons (Fsp3) is 0.222. The van der Waals surface area contributed by atoms with Crippen molar-refractivity contribution in [2.24, 2.45) is 10.3 Å². The fourth-order valence-electron chi connectivity index (χ4n) is 3.17. The Morgan fingerprint density at radius 2 is 1.72 bits per heavy atom. The van der Waals surface area contributed by atoms with Gasteiger partial charge in [-0.25, -0.2) is 14.3 Å². The molecule has 6 nitrogen and oxygen atoms in total. The van der Waals surface area contributed by atoms with Crippen molar-refractivity contribution in [3.63, 3.8) is 0 Å². The molecule has 0 aliphatic carbocycles. The Bertz CT molecular complexity index is 910. The zero-order valence-corrected chi connectivity index (χ0v) is 13.7. The molecule has 0 radical (unpaired) electrons. The smallest absolute Gasteiger partial charge is 0.263 e. The van der Waals surface area contributed by atoms with E-state index in [4.69, 9.17) is 0 Å². The first-order valence-electron chi connectivity index (χ1n) is 7.88. The van der Waals surface area contributed by atoms with Crippen LogP contribution in [0.2, 0.25) is 0 Å². The lowest BCUT2D eigenvalue weighted by atomic mass is 10.1. The number of halogens is 1. The molecule has 0 bridgehead atoms. The highest BCUT2D eigenvalue weighted by molar-refractivity contribution is 6.26. The summed E-state index contributed by atoms with van der Waals surface area (Å²) < 4.78 is 13.1. The monoisotopic (exact) mass is 338 g/mol. The van der Waals surface area contributed by atoms with Crippen LogP contribution < -0.4 is 9.91 Å². The number of imide groups is 1. The van der Waals surface area contributed by atoms with E-state index >= 15 is 0 Å². The van der Waals surface area contributed by atoms with Gasteiger partial charge in [-0.3, -0.25) is 9.59 Å². The molecule has 2 aliphatic rings. The van der Waals surface area contributed by atoms with Gasteiger partial charge in [0, 0.05) is 0 Å². The summed E-state index contributed by atoms with van der Waals surface area (Å²) >= 11 is 0. The lowest BCUT2D eigenvalue weighted by molar-refractivity contribution is -0.121. The lowest BCUT2D eigenvalue weighted by Crippen LogP contribution is -2.40. The van der Waals surface area contributed by atoms with Gasteiger partial charge in [-0.2, -0.15) is 5.11 Å². The van der Waals surface area contributed by atoms with E-state index in [2.05, 4.69) is 10.3 Å². The number of carbonyl (C=O) groups excluding carboxylic acids is 2. The molecule has 7 heteroatoms. The number of fused-ring (bicyclic) bond motifs is 1. The van der Waals surface area contributed by atoms with Gasteiger partial charge in [0.05, 0.1) is 11.4 Å². The maximum absolute atomic E-state index is 13.1. The average Bonchev–Trinajstić information content (AvgIpc) is 3.12. The van der Waals surface area contributed by atoms with Crippen LogP contribution in [-0.2, 0) is 9.59 Å². The van der Waals surface area contributed by atoms with E-state index in [0.717, 1.165) is 21.7 Å². The number of aryl methyl sites for hydroxylation is 2. The molecule has 2 heterocycles. The third-order valence-electron chi connectivity index (χ3n) is 4.48. The van der Waals surface area contributed by atoms with Crippen molar-refractivity contribution in [2.75, 3.05) is 9.91 Å². The van der Waals surface area contributed by atoms with Gasteiger partial charge in [0.1, 0.15) is 5.82 Å². The molecule has 2 amide bonds. The highest BCUT2D eigenvalue weighted by Crippen LogP contribution is 2.36. The molecule has 2 aromatic carbocycles. The minimum atomic E-state index is -0.877. The Kier molecular flexibility index (Phi) is 3.38. The van der Waals surface area contributed by atoms with Crippen LogP contribution in [0.3, 0.4) is 0 Å². The summed E-state index contributed by atoms with van der Waals surface area (Å²) in [5.74, 6) is -1.29. The quantitative estimate of drug-likeness (QED) is 0.791. The fourth-order valence-corrected chi connectivity index (χ4v) is 3.17. The second-order valence-corrected chi connectivity index (χ2v) is 6.22. The van der Waals surface area contributed by atoms with E-state index in [1.165, 1.54) is 29.3 Å². The maximum atomic E-state index is 13.1. The summed E-state index contributed by atoms with van der Waals surface area (Å²) in [7, 11) is 0. The Balaban J connectivity index is 1.73. The molecule has 1 saturated heterocycles. The van der Waals surface area contributed by atoms with Gasteiger partial charge in [0.2, 0.25) is 0 Å². The zero-order chi connectivity index (χ0) is 17.7. The van der Waals surface area contributed by atoms with Crippen molar-refractivity contribution < 1.29 is 14.0 Å². The van der Waals surface area contributed by atoms with Gasteiger partial charge in [-0.15, -0.1) is 0 Å². The number of carbonyl (C=O) groups is 2. The second kappa shape index (κ2) is 5.47. The molecule has 2 aliphatic heterocycles. The predicted molar refractivity (Wildman–Crippen MR) is 89.7 cm³/mol. The first-order valence-corrected chi connectivity index (χ1v) is 7.88. The van der Waals surface area contributed by atoms with Crippen molar-refractivity contribution in [1.29, 1.82) is 0 Å². The zero-order valence-electron chi connectivity index (χ0n) is 13.7. The van der Waals surface area contributed by atoms with E-state index in [9.17, 15) is 14.0 Å². The van der Waals surface area contributed by atoms with Crippen molar-refractivity contribution in [2.45, 2.75) is 25.9 Å². The Morgan fingerprint density at radius 3 is 2.44 bits per heavy atom. The Morgan fingerprint density at radius 1 is 1.00 bits per heavy atom. The van der Waals surface area contributed by atoms with Gasteiger partial charge in [-0.05, 0) is 55.3 Å². The summed E-state index contributed by atoms with van der Waals surface area (Å²) in [5.41, 5.74) is 3.04. The first kappa shape index (κ1) is 15.4. The molecule has 0 N–H and O–H groups in total. The summed E-state index contributed by atoms with van der Waals surface area (Å²) in [4.78, 5) is 26.6. The third kappa shape index (κ3) is 2.31. The molecule has 0 spiro atoms. The highest BCUT2D eigenvalue weighted by atomic mass is 19.1. The molecular weight excluding hydrogens is 323 g/mol. The predicted octanol–water partition coefficient (Wildman–Crippen LogP) is 2.94. The van der Waals surface area contributed by atoms with Crippen molar-refractivity contribution >= 4 is 23.2 Å². The number of rotatable bonds is 2. The summed E-state index contributed by atoms with van der Waals surface area (Å²) in [6.45, 7) is 3.86. The molecule has 1 fully saturated rings. The summed E-state index contributed by atoms with van der Waals surface area (Å²) in [6.07, 6.45) is 0. The van der Waals surface area contributed by atoms with E-state index in [1.807, 2.05) is 32.0 Å². The Labute approximate surface area is 143 Å². The maximum Gasteiger partial charge on any atom is 0.263 e. The van der Waals surface area contributed by atoms with E-state index in [0.29, 0.717) is 5.69 Å². The molecule has 0 unspecified atom stereocenters. The highest BCUT2D eigenvalue weighted by Gasteiger charge is 2.55. The normalized spacial score (nSPS) is 22.0. The molecule has 126 valence electrons. The summed E-state index contributed by atoms with van der Waals surface area (Å²) in [6, 6.07) is 9.38. The first-order chi connectivity index (χ1) is 12.0. The third-order valence-corrected chi connectivity index (χ3v) is 4.48. The standard InChI is InChI=1S/C18H15FN4O2/c1-10-3-4-11(2)14(9-10)23-16-15(20-21-23)17(24)22(18(16)25)13-7-5-12(19)6-8-13/h3-9,15-16H,1-2H3/t15-,16-/m1/s1. The molecule has 2 atom stereocenters. The largest absolute Gasteiger partial charge is 0.271 e. The number of hydrogen-bond acceptors (Lipinski definition) is 5. The van der Waals surface area contributed by atoms with Gasteiger partial charge < -0.3 is 0 Å². The number of amides is 2. The molecular formula is C18H15FN4O2. The van der Waals surface area contributed by atoms with Crippen LogP contribution in [-0.4, -0.2) is 23.9 Å². The van der Waals surface area contributed by atoms with Crippen LogP contribution in [0.15, 0.2) is 52.8 Å². The van der Waals surface area contributed by atoms with Gasteiger partial charge >= 0.3 is 0 Å².